The Kier molecular flexibility index (Phi) is 5.67. The molecule has 9 rings (SSSR count). The van der Waals surface area contributed by atoms with E-state index in [1.807, 2.05) is 115 Å². The summed E-state index contributed by atoms with van der Waals surface area (Å²) in [5, 5.41) is 0.369. The van der Waals surface area contributed by atoms with Gasteiger partial charge in [-0.15, -0.1) is 0 Å². The lowest BCUT2D eigenvalue weighted by Crippen LogP contribution is -2.00. The topological polar surface area (TPSA) is 51.8 Å². The molecule has 2 heterocycles. The van der Waals surface area contributed by atoms with Crippen LogP contribution >= 0.6 is 0 Å². The van der Waals surface area contributed by atoms with Gasteiger partial charge in [-0.25, -0.2) is 15.0 Å². The van der Waals surface area contributed by atoms with E-state index in [9.17, 15) is 4.11 Å². The second-order valence-electron chi connectivity index (χ2n) is 11.6. The standard InChI is InChI=1S/C45H29N3O/c1-4-13-30(14-5-1)33-19-10-21-35(27-33)43-46-44(36-22-11-20-34(28-36)31-15-6-2-7-16-31)48-45(47-43)37-25-26-39-41(29-37)49-40-24-12-23-38(42(39)40)32-17-8-3-9-18-32/h1-29H/i12D,23D,24D,25D,26D,29D. The molecular formula is C45H29N3O. The molecule has 4 nitrogen and oxygen atoms in total. The summed E-state index contributed by atoms with van der Waals surface area (Å²) < 4.78 is 60.6. The molecule has 4 heteroatoms. The van der Waals surface area contributed by atoms with Gasteiger partial charge in [0.15, 0.2) is 17.5 Å². The minimum atomic E-state index is -0.336. The van der Waals surface area contributed by atoms with Crippen LogP contribution in [0.1, 0.15) is 8.22 Å². The van der Waals surface area contributed by atoms with Crippen molar-refractivity contribution in [1.29, 1.82) is 0 Å². The molecule has 49 heavy (non-hydrogen) atoms. The predicted octanol–water partition coefficient (Wildman–Crippen LogP) is 11.8. The summed E-state index contributed by atoms with van der Waals surface area (Å²) in [6.45, 7) is 0. The number of rotatable bonds is 6. The number of nitrogens with zero attached hydrogens (tertiary/aromatic N) is 3. The molecule has 0 bridgehead atoms. The fourth-order valence-corrected chi connectivity index (χ4v) is 6.06. The molecule has 0 N–H and O–H groups in total. The SMILES string of the molecule is [2H]c1c([2H])c(-c2ccccc2)c2c(oc3c([2H])c(-c4nc(-c5cccc(-c6ccccc6)c5)nc(-c5cccc(-c6ccccc6)c5)n4)c([2H])c([2H])c32)c1[2H]. The molecule has 0 aliphatic rings. The first-order valence-corrected chi connectivity index (χ1v) is 15.9. The smallest absolute Gasteiger partial charge is 0.164 e. The fourth-order valence-electron chi connectivity index (χ4n) is 6.06. The van der Waals surface area contributed by atoms with Crippen molar-refractivity contribution in [3.63, 3.8) is 0 Å². The van der Waals surface area contributed by atoms with Crippen LogP contribution in [0.5, 0.6) is 0 Å². The van der Waals surface area contributed by atoms with Gasteiger partial charge in [-0.05, 0) is 63.6 Å². The summed E-state index contributed by atoms with van der Waals surface area (Å²) >= 11 is 0. The highest BCUT2D eigenvalue weighted by atomic mass is 16.3. The summed E-state index contributed by atoms with van der Waals surface area (Å²) in [7, 11) is 0. The predicted molar refractivity (Wildman–Crippen MR) is 200 cm³/mol. The maximum atomic E-state index is 9.49. The maximum Gasteiger partial charge on any atom is 0.164 e. The number of aromatic nitrogens is 3. The van der Waals surface area contributed by atoms with E-state index in [0.717, 1.165) is 22.3 Å². The van der Waals surface area contributed by atoms with Crippen LogP contribution in [0.15, 0.2) is 180 Å². The first-order valence-electron chi connectivity index (χ1n) is 18.9. The van der Waals surface area contributed by atoms with Gasteiger partial charge in [0.2, 0.25) is 0 Å². The third-order valence-electron chi connectivity index (χ3n) is 8.45. The summed E-state index contributed by atoms with van der Waals surface area (Å²) in [5.74, 6) is 0.642. The van der Waals surface area contributed by atoms with Crippen molar-refractivity contribution >= 4 is 21.9 Å². The van der Waals surface area contributed by atoms with E-state index in [4.69, 9.17) is 23.5 Å². The van der Waals surface area contributed by atoms with Crippen LogP contribution in [-0.2, 0) is 0 Å². The molecule has 7 aromatic carbocycles. The van der Waals surface area contributed by atoms with Crippen LogP contribution in [0.4, 0.5) is 0 Å². The van der Waals surface area contributed by atoms with E-state index in [1.54, 1.807) is 24.3 Å². The zero-order valence-corrected chi connectivity index (χ0v) is 26.0. The number of hydrogen-bond acceptors (Lipinski definition) is 4. The Morgan fingerprint density at radius 1 is 0.408 bits per heavy atom. The van der Waals surface area contributed by atoms with Crippen molar-refractivity contribution in [2.24, 2.45) is 0 Å². The molecule has 0 saturated heterocycles. The van der Waals surface area contributed by atoms with Crippen LogP contribution in [0, 0.1) is 0 Å². The molecule has 0 saturated carbocycles. The molecule has 0 fully saturated rings. The van der Waals surface area contributed by atoms with Crippen molar-refractivity contribution in [2.45, 2.75) is 0 Å². The Balaban J connectivity index is 1.31. The Morgan fingerprint density at radius 2 is 0.898 bits per heavy atom. The Hall–Kier alpha value is -6.65. The lowest BCUT2D eigenvalue weighted by molar-refractivity contribution is 0.669. The van der Waals surface area contributed by atoms with Crippen molar-refractivity contribution in [3.05, 3.63) is 176 Å². The van der Waals surface area contributed by atoms with Crippen LogP contribution in [0.25, 0.3) is 89.5 Å². The summed E-state index contributed by atoms with van der Waals surface area (Å²) in [6.07, 6.45) is 0. The molecule has 0 atom stereocenters. The van der Waals surface area contributed by atoms with Crippen molar-refractivity contribution in [1.82, 2.24) is 15.0 Å². The molecule has 0 radical (unpaired) electrons. The summed E-state index contributed by atoms with van der Waals surface area (Å²) in [5.41, 5.74) is 6.10. The van der Waals surface area contributed by atoms with Crippen LogP contribution in [0.2, 0.25) is 0 Å². The molecule has 0 aliphatic heterocycles. The number of benzene rings is 7. The monoisotopic (exact) mass is 633 g/mol. The highest BCUT2D eigenvalue weighted by Gasteiger charge is 2.17. The molecule has 9 aromatic rings. The van der Waals surface area contributed by atoms with E-state index in [0.29, 0.717) is 33.9 Å². The van der Waals surface area contributed by atoms with Crippen LogP contribution in [-0.4, -0.2) is 15.0 Å². The van der Waals surface area contributed by atoms with Crippen molar-refractivity contribution < 1.29 is 12.6 Å². The van der Waals surface area contributed by atoms with Gasteiger partial charge in [0.05, 0.1) is 8.22 Å². The highest BCUT2D eigenvalue weighted by molar-refractivity contribution is 6.13. The summed E-state index contributed by atoms with van der Waals surface area (Å²) in [6, 6.07) is 42.8. The second kappa shape index (κ2) is 12.2. The van der Waals surface area contributed by atoms with E-state index >= 15 is 0 Å². The van der Waals surface area contributed by atoms with Crippen molar-refractivity contribution in [3.8, 4) is 67.5 Å². The fraction of sp³-hybridized carbons (Fsp3) is 0. The van der Waals surface area contributed by atoms with Gasteiger partial charge in [-0.3, -0.25) is 0 Å². The molecule has 2 aromatic heterocycles. The molecule has 0 aliphatic carbocycles. The van der Waals surface area contributed by atoms with Gasteiger partial charge in [-0.1, -0.05) is 146 Å². The van der Waals surface area contributed by atoms with Gasteiger partial charge in [0.1, 0.15) is 11.2 Å². The zero-order chi connectivity index (χ0) is 37.8. The average Bonchev–Trinajstić information content (AvgIpc) is 3.64. The number of fused-ring (bicyclic) bond motifs is 3. The third-order valence-corrected chi connectivity index (χ3v) is 8.45. The third kappa shape index (κ3) is 5.45. The highest BCUT2D eigenvalue weighted by Crippen LogP contribution is 2.38. The zero-order valence-electron chi connectivity index (χ0n) is 32.0. The first-order chi connectivity index (χ1) is 26.8. The first kappa shape index (κ1) is 22.8. The van der Waals surface area contributed by atoms with Gasteiger partial charge in [0.25, 0.3) is 0 Å². The maximum absolute atomic E-state index is 9.49. The molecule has 0 unspecified atom stereocenters. The molecule has 0 spiro atoms. The van der Waals surface area contributed by atoms with Gasteiger partial charge in [-0.2, -0.15) is 0 Å². The molecule has 230 valence electrons. The normalized spacial score (nSPS) is 13.0. The van der Waals surface area contributed by atoms with E-state index < -0.39 is 0 Å². The summed E-state index contributed by atoms with van der Waals surface area (Å²) in [4.78, 5) is 14.7. The van der Waals surface area contributed by atoms with Gasteiger partial charge < -0.3 is 4.42 Å². The van der Waals surface area contributed by atoms with Crippen LogP contribution in [0.3, 0.4) is 0 Å². The average molecular weight is 634 g/mol. The van der Waals surface area contributed by atoms with E-state index in [1.165, 1.54) is 0 Å². The van der Waals surface area contributed by atoms with E-state index in [2.05, 4.69) is 0 Å². The largest absolute Gasteiger partial charge is 0.456 e. The number of hydrogen-bond donors (Lipinski definition) is 0. The van der Waals surface area contributed by atoms with E-state index in [-0.39, 0.29) is 69.6 Å². The Morgan fingerprint density at radius 3 is 1.47 bits per heavy atom. The second-order valence-corrected chi connectivity index (χ2v) is 11.6. The minimum absolute atomic E-state index is 0.0119. The van der Waals surface area contributed by atoms with Crippen LogP contribution < -0.4 is 0 Å². The Labute approximate surface area is 292 Å². The lowest BCUT2D eigenvalue weighted by atomic mass is 9.99. The Bertz CT molecular complexity index is 2830. The van der Waals surface area contributed by atoms with Gasteiger partial charge >= 0.3 is 0 Å². The van der Waals surface area contributed by atoms with Gasteiger partial charge in [0, 0.05) is 27.5 Å². The minimum Gasteiger partial charge on any atom is -0.456 e. The van der Waals surface area contributed by atoms with Crippen molar-refractivity contribution in [2.75, 3.05) is 0 Å². The molecular weight excluding hydrogens is 599 g/mol. The lowest BCUT2D eigenvalue weighted by Gasteiger charge is -2.11. The number of furan rings is 1. The molecule has 0 amide bonds. The quantitative estimate of drug-likeness (QED) is 0.183.